The number of carbonyl (C=O) groups excluding carboxylic acids is 1. The zero-order chi connectivity index (χ0) is 18.4. The smallest absolute Gasteiger partial charge is 0.343 e. The minimum absolute atomic E-state index is 0.0458. The molecule has 0 radical (unpaired) electrons. The van der Waals surface area contributed by atoms with Gasteiger partial charge in [-0.15, -0.1) is 0 Å². The highest BCUT2D eigenvalue weighted by atomic mass is 32.2. The summed E-state index contributed by atoms with van der Waals surface area (Å²) in [5, 5.41) is 10.8. The standard InChI is InChI=1S/C17H16N2O6S/c1-23-9-5-4-8-10(13(9)24-2)16(22)25-12(8)11-14(20)18-17-19(15(11)21)6-3-7-26-17/h4-5,12,20H,3,6-7H2,1-2H3/t12-/m1/s1. The largest absolute Gasteiger partial charge is 0.493 e. The molecular formula is C17H16N2O6S. The minimum Gasteiger partial charge on any atom is -0.493 e. The number of rotatable bonds is 3. The number of hydrogen-bond donors (Lipinski definition) is 1. The highest BCUT2D eigenvalue weighted by Crippen LogP contribution is 2.45. The van der Waals surface area contributed by atoms with Gasteiger partial charge in [0.2, 0.25) is 5.88 Å². The van der Waals surface area contributed by atoms with Gasteiger partial charge < -0.3 is 19.3 Å². The molecule has 8 nitrogen and oxygen atoms in total. The Morgan fingerprint density at radius 3 is 2.85 bits per heavy atom. The lowest BCUT2D eigenvalue weighted by Crippen LogP contribution is -2.30. The van der Waals surface area contributed by atoms with Crippen molar-refractivity contribution < 1.29 is 24.1 Å². The molecule has 1 N–H and O–H groups in total. The van der Waals surface area contributed by atoms with Crippen molar-refractivity contribution in [3.8, 4) is 17.4 Å². The predicted octanol–water partition coefficient (Wildman–Crippen LogP) is 1.72. The molecule has 3 heterocycles. The molecule has 26 heavy (non-hydrogen) atoms. The number of aromatic nitrogens is 2. The van der Waals surface area contributed by atoms with E-state index >= 15 is 0 Å². The topological polar surface area (TPSA) is 99.9 Å². The Labute approximate surface area is 152 Å². The number of carbonyl (C=O) groups is 1. The van der Waals surface area contributed by atoms with Crippen LogP contribution in [0.25, 0.3) is 0 Å². The first-order chi connectivity index (χ1) is 12.6. The van der Waals surface area contributed by atoms with E-state index in [4.69, 9.17) is 14.2 Å². The van der Waals surface area contributed by atoms with Gasteiger partial charge in [0.05, 0.1) is 14.2 Å². The van der Waals surface area contributed by atoms with Crippen LogP contribution in [0.1, 0.15) is 34.0 Å². The fraction of sp³-hybridized carbons (Fsp3) is 0.353. The summed E-state index contributed by atoms with van der Waals surface area (Å²) in [5.74, 6) is 0.389. The SMILES string of the molecule is COc1ccc2c(c1OC)C(=O)O[C@H]2c1c(O)nc2n(c1=O)CCCS2. The first-order valence-corrected chi connectivity index (χ1v) is 8.97. The number of fused-ring (bicyclic) bond motifs is 2. The summed E-state index contributed by atoms with van der Waals surface area (Å²) in [6, 6.07) is 3.26. The van der Waals surface area contributed by atoms with Crippen LogP contribution in [0.15, 0.2) is 22.1 Å². The van der Waals surface area contributed by atoms with E-state index in [0.29, 0.717) is 23.0 Å². The van der Waals surface area contributed by atoms with E-state index in [0.717, 1.165) is 12.2 Å². The van der Waals surface area contributed by atoms with Crippen LogP contribution in [-0.4, -0.2) is 40.6 Å². The maximum absolute atomic E-state index is 12.9. The van der Waals surface area contributed by atoms with E-state index < -0.39 is 23.5 Å². The van der Waals surface area contributed by atoms with Crippen LogP contribution in [0.2, 0.25) is 0 Å². The lowest BCUT2D eigenvalue weighted by molar-refractivity contribution is 0.0446. The molecule has 1 aromatic heterocycles. The second-order valence-corrected chi connectivity index (χ2v) is 6.90. The summed E-state index contributed by atoms with van der Waals surface area (Å²) in [4.78, 5) is 29.5. The van der Waals surface area contributed by atoms with Crippen molar-refractivity contribution >= 4 is 17.7 Å². The molecule has 1 atom stereocenters. The first kappa shape index (κ1) is 16.8. The van der Waals surface area contributed by atoms with Crippen LogP contribution in [0, 0.1) is 0 Å². The monoisotopic (exact) mass is 376 g/mol. The number of aromatic hydroxyl groups is 1. The Morgan fingerprint density at radius 1 is 1.31 bits per heavy atom. The summed E-state index contributed by atoms with van der Waals surface area (Å²) in [7, 11) is 2.88. The molecule has 136 valence electrons. The maximum atomic E-state index is 12.9. The number of hydrogen-bond acceptors (Lipinski definition) is 8. The number of cyclic esters (lactones) is 1. The average molecular weight is 376 g/mol. The Bertz CT molecular complexity index is 971. The van der Waals surface area contributed by atoms with E-state index in [1.54, 1.807) is 12.1 Å². The molecule has 2 aliphatic heterocycles. The van der Waals surface area contributed by atoms with Crippen LogP contribution < -0.4 is 15.0 Å². The van der Waals surface area contributed by atoms with Crippen molar-refractivity contribution in [1.29, 1.82) is 0 Å². The number of ether oxygens (including phenoxy) is 3. The zero-order valence-electron chi connectivity index (χ0n) is 14.1. The van der Waals surface area contributed by atoms with Crippen molar-refractivity contribution in [3.05, 3.63) is 39.2 Å². The third-order valence-electron chi connectivity index (χ3n) is 4.46. The molecule has 1 aromatic carbocycles. The molecule has 0 fully saturated rings. The summed E-state index contributed by atoms with van der Waals surface area (Å²) < 4.78 is 17.4. The van der Waals surface area contributed by atoms with E-state index in [-0.39, 0.29) is 16.9 Å². The van der Waals surface area contributed by atoms with Gasteiger partial charge in [0.25, 0.3) is 5.56 Å². The Hall–Kier alpha value is -2.68. The third kappa shape index (κ3) is 2.34. The van der Waals surface area contributed by atoms with Crippen molar-refractivity contribution in [2.75, 3.05) is 20.0 Å². The van der Waals surface area contributed by atoms with Crippen LogP contribution in [0.4, 0.5) is 0 Å². The maximum Gasteiger partial charge on any atom is 0.343 e. The van der Waals surface area contributed by atoms with Gasteiger partial charge in [0.15, 0.2) is 22.8 Å². The van der Waals surface area contributed by atoms with Crippen LogP contribution in [0.5, 0.6) is 17.4 Å². The van der Waals surface area contributed by atoms with Gasteiger partial charge in [-0.1, -0.05) is 17.8 Å². The highest BCUT2D eigenvalue weighted by Gasteiger charge is 2.40. The van der Waals surface area contributed by atoms with E-state index in [2.05, 4.69) is 4.98 Å². The minimum atomic E-state index is -1.04. The second kappa shape index (κ2) is 6.24. The quantitative estimate of drug-likeness (QED) is 0.638. The summed E-state index contributed by atoms with van der Waals surface area (Å²) in [6.07, 6.45) is -0.211. The van der Waals surface area contributed by atoms with Gasteiger partial charge in [-0.05, 0) is 12.5 Å². The number of nitrogens with zero attached hydrogens (tertiary/aromatic N) is 2. The van der Waals surface area contributed by atoms with Crippen molar-refractivity contribution in [2.24, 2.45) is 0 Å². The van der Waals surface area contributed by atoms with Crippen molar-refractivity contribution in [1.82, 2.24) is 9.55 Å². The predicted molar refractivity (Wildman–Crippen MR) is 92.3 cm³/mol. The van der Waals surface area contributed by atoms with E-state index in [1.165, 1.54) is 30.5 Å². The van der Waals surface area contributed by atoms with Gasteiger partial charge in [0, 0.05) is 17.9 Å². The molecule has 2 aliphatic rings. The molecule has 4 rings (SSSR count). The fourth-order valence-corrected chi connectivity index (χ4v) is 4.21. The normalized spacial score (nSPS) is 18.1. The third-order valence-corrected chi connectivity index (χ3v) is 5.52. The van der Waals surface area contributed by atoms with Gasteiger partial charge in [-0.2, -0.15) is 4.98 Å². The Balaban J connectivity index is 1.91. The average Bonchev–Trinajstić information content (AvgIpc) is 2.97. The molecule has 0 saturated carbocycles. The number of methoxy groups -OCH3 is 2. The lowest BCUT2D eigenvalue weighted by atomic mass is 9.99. The lowest BCUT2D eigenvalue weighted by Gasteiger charge is -2.20. The molecule has 2 aromatic rings. The Kier molecular flexibility index (Phi) is 4.03. The molecule has 0 saturated heterocycles. The van der Waals surface area contributed by atoms with Crippen LogP contribution in [0.3, 0.4) is 0 Å². The second-order valence-electron chi connectivity index (χ2n) is 5.84. The molecule has 0 aliphatic carbocycles. The zero-order valence-corrected chi connectivity index (χ0v) is 15.0. The summed E-state index contributed by atoms with van der Waals surface area (Å²) in [6.45, 7) is 0.515. The molecule has 0 spiro atoms. The van der Waals surface area contributed by atoms with Gasteiger partial charge >= 0.3 is 5.97 Å². The summed E-state index contributed by atoms with van der Waals surface area (Å²) >= 11 is 1.41. The summed E-state index contributed by atoms with van der Waals surface area (Å²) in [5.41, 5.74) is 0.175. The van der Waals surface area contributed by atoms with Crippen LogP contribution >= 0.6 is 11.8 Å². The fourth-order valence-electron chi connectivity index (χ4n) is 3.28. The molecule has 0 bridgehead atoms. The van der Waals surface area contributed by atoms with E-state index in [1.807, 2.05) is 0 Å². The van der Waals surface area contributed by atoms with Gasteiger partial charge in [-0.3, -0.25) is 9.36 Å². The molecule has 0 unspecified atom stereocenters. The number of thioether (sulfide) groups is 1. The van der Waals surface area contributed by atoms with Crippen molar-refractivity contribution in [2.45, 2.75) is 24.2 Å². The van der Waals surface area contributed by atoms with Gasteiger partial charge in [0.1, 0.15) is 11.1 Å². The van der Waals surface area contributed by atoms with E-state index in [9.17, 15) is 14.7 Å². The molecule has 0 amide bonds. The van der Waals surface area contributed by atoms with Crippen molar-refractivity contribution in [3.63, 3.8) is 0 Å². The number of esters is 1. The molecule has 9 heteroatoms. The Morgan fingerprint density at radius 2 is 2.12 bits per heavy atom. The highest BCUT2D eigenvalue weighted by molar-refractivity contribution is 7.99. The van der Waals surface area contributed by atoms with Gasteiger partial charge in [-0.25, -0.2) is 4.79 Å². The van der Waals surface area contributed by atoms with Crippen LogP contribution in [-0.2, 0) is 11.3 Å². The first-order valence-electron chi connectivity index (χ1n) is 7.99. The number of benzene rings is 1. The molecular weight excluding hydrogens is 360 g/mol.